The first-order chi connectivity index (χ1) is 17.6. The highest BCUT2D eigenvalue weighted by atomic mass is 15.4. The molecule has 0 saturated heterocycles. The van der Waals surface area contributed by atoms with E-state index in [1.807, 2.05) is 35.4 Å². The summed E-state index contributed by atoms with van der Waals surface area (Å²) in [4.78, 5) is 19.7. The number of nitrogens with two attached hydrogens (primary N) is 1. The van der Waals surface area contributed by atoms with Crippen molar-refractivity contribution in [2.45, 2.75) is 25.9 Å². The van der Waals surface area contributed by atoms with Gasteiger partial charge in [-0.1, -0.05) is 11.3 Å². The first kappa shape index (κ1) is 23.2. The smallest absolute Gasteiger partial charge is 0.133 e. The van der Waals surface area contributed by atoms with Crippen molar-refractivity contribution in [1.82, 2.24) is 39.8 Å². The molecule has 0 spiro atoms. The maximum Gasteiger partial charge on any atom is 0.133 e. The highest BCUT2D eigenvalue weighted by Crippen LogP contribution is 2.28. The average molecular weight is 478 g/mol. The van der Waals surface area contributed by atoms with E-state index in [2.05, 4.69) is 68.3 Å². The Labute approximate surface area is 209 Å². The summed E-state index contributed by atoms with van der Waals surface area (Å²) < 4.78 is 1.87. The van der Waals surface area contributed by atoms with Crippen LogP contribution in [0.25, 0.3) is 33.5 Å². The number of fused-ring (bicyclic) bond motifs is 9. The van der Waals surface area contributed by atoms with Crippen molar-refractivity contribution >= 4 is 16.7 Å². The number of hydrogen-bond acceptors (Lipinski definition) is 7. The molecule has 9 heteroatoms. The Kier molecular flexibility index (Phi) is 6.43. The summed E-state index contributed by atoms with van der Waals surface area (Å²) in [5.74, 6) is 0.826. The van der Waals surface area contributed by atoms with Crippen LogP contribution in [0.3, 0.4) is 0 Å². The number of aromatic nitrogens is 7. The van der Waals surface area contributed by atoms with Crippen molar-refractivity contribution < 1.29 is 0 Å². The van der Waals surface area contributed by atoms with E-state index in [9.17, 15) is 0 Å². The van der Waals surface area contributed by atoms with Gasteiger partial charge < -0.3 is 15.6 Å². The largest absolute Gasteiger partial charge is 0.398 e. The zero-order valence-electron chi connectivity index (χ0n) is 20.1. The molecular formula is C27H27N9. The Morgan fingerprint density at radius 3 is 2.83 bits per heavy atom. The van der Waals surface area contributed by atoms with E-state index in [0.29, 0.717) is 6.42 Å². The van der Waals surface area contributed by atoms with Crippen molar-refractivity contribution in [1.29, 1.82) is 0 Å². The van der Waals surface area contributed by atoms with Crippen molar-refractivity contribution in [3.63, 3.8) is 0 Å². The van der Waals surface area contributed by atoms with Crippen LogP contribution in [0, 0.1) is 12.8 Å². The van der Waals surface area contributed by atoms with E-state index in [1.165, 1.54) is 5.56 Å². The molecule has 0 saturated carbocycles. The minimum Gasteiger partial charge on any atom is -0.398 e. The van der Waals surface area contributed by atoms with Gasteiger partial charge in [-0.2, -0.15) is 0 Å². The lowest BCUT2D eigenvalue weighted by atomic mass is 10.0. The van der Waals surface area contributed by atoms with Gasteiger partial charge in [0.1, 0.15) is 22.7 Å². The van der Waals surface area contributed by atoms with Gasteiger partial charge in [0, 0.05) is 49.4 Å². The molecule has 6 rings (SSSR count). The first-order valence-electron chi connectivity index (χ1n) is 11.7. The Hall–Kier alpha value is -4.55. The van der Waals surface area contributed by atoms with E-state index >= 15 is 0 Å². The number of nitrogens with one attached hydrogen (secondary N) is 1. The van der Waals surface area contributed by atoms with E-state index in [-0.39, 0.29) is 0 Å². The van der Waals surface area contributed by atoms with Gasteiger partial charge in [0.2, 0.25) is 0 Å². The quantitative estimate of drug-likeness (QED) is 0.259. The molecular weight excluding hydrogens is 450 g/mol. The predicted molar refractivity (Wildman–Crippen MR) is 141 cm³/mol. The van der Waals surface area contributed by atoms with Gasteiger partial charge in [0.05, 0.1) is 11.7 Å². The van der Waals surface area contributed by atoms with Gasteiger partial charge in [-0.25, -0.2) is 4.98 Å². The molecule has 8 bridgehead atoms. The van der Waals surface area contributed by atoms with Crippen LogP contribution in [0.5, 0.6) is 0 Å². The monoisotopic (exact) mass is 477 g/mol. The molecule has 0 atom stereocenters. The molecule has 0 radical (unpaired) electrons. The predicted octanol–water partition coefficient (Wildman–Crippen LogP) is 3.54. The van der Waals surface area contributed by atoms with E-state index in [0.717, 1.165) is 76.7 Å². The normalized spacial score (nSPS) is 13.9. The maximum atomic E-state index is 6.36. The summed E-state index contributed by atoms with van der Waals surface area (Å²) >= 11 is 0. The Bertz CT molecular complexity index is 1530. The van der Waals surface area contributed by atoms with Crippen molar-refractivity contribution in [2.75, 3.05) is 19.3 Å². The summed E-state index contributed by atoms with van der Waals surface area (Å²) in [6.07, 6.45) is 17.1. The van der Waals surface area contributed by atoms with Crippen LogP contribution in [-0.4, -0.2) is 53.4 Å². The zero-order chi connectivity index (χ0) is 25.1. The fourth-order valence-corrected chi connectivity index (χ4v) is 4.52. The fraction of sp³-hybridized carbons (Fsp3) is 0.222. The number of benzene rings is 1. The molecule has 1 aliphatic heterocycles. The topological polar surface area (TPSA) is 114 Å². The second-order valence-corrected chi connectivity index (χ2v) is 8.87. The van der Waals surface area contributed by atoms with Gasteiger partial charge in [-0.3, -0.25) is 14.6 Å². The number of rotatable bonds is 0. The first-order valence-corrected chi connectivity index (χ1v) is 11.7. The highest BCUT2D eigenvalue weighted by Gasteiger charge is 2.15. The summed E-state index contributed by atoms with van der Waals surface area (Å²) in [6.45, 7) is 2.54. The lowest BCUT2D eigenvalue weighted by Gasteiger charge is -2.17. The van der Waals surface area contributed by atoms with Crippen molar-refractivity contribution in [3.8, 4) is 35.4 Å². The molecule has 4 aromatic heterocycles. The lowest BCUT2D eigenvalue weighted by Crippen LogP contribution is -2.20. The number of aromatic amines is 1. The molecule has 9 nitrogen and oxygen atoms in total. The van der Waals surface area contributed by atoms with Crippen LogP contribution in [-0.2, 0) is 19.5 Å². The van der Waals surface area contributed by atoms with E-state index in [1.54, 1.807) is 6.20 Å². The Morgan fingerprint density at radius 2 is 1.94 bits per heavy atom. The van der Waals surface area contributed by atoms with E-state index < -0.39 is 0 Å². The number of nitrogens with zero attached hydrogens (tertiary/aromatic N) is 7. The number of H-pyrrole nitrogens is 1. The zero-order valence-corrected chi connectivity index (χ0v) is 20.1. The number of hydrogen-bond donors (Lipinski definition) is 2. The van der Waals surface area contributed by atoms with Crippen LogP contribution < -0.4 is 5.73 Å². The number of pyridine rings is 2. The second kappa shape index (κ2) is 9.98. The third-order valence-corrected chi connectivity index (χ3v) is 6.24. The fourth-order valence-electron chi connectivity index (χ4n) is 4.52. The van der Waals surface area contributed by atoms with Crippen LogP contribution in [0.15, 0.2) is 55.1 Å². The van der Waals surface area contributed by atoms with Gasteiger partial charge in [-0.05, 0) is 61.0 Å². The average Bonchev–Trinajstić information content (AvgIpc) is 3.53. The molecule has 1 aliphatic rings. The van der Waals surface area contributed by atoms with Gasteiger partial charge in [0.25, 0.3) is 0 Å². The molecule has 5 heterocycles. The molecule has 36 heavy (non-hydrogen) atoms. The molecule has 0 amide bonds. The number of anilines is 1. The van der Waals surface area contributed by atoms with Crippen LogP contribution in [0.1, 0.15) is 23.4 Å². The molecule has 1 aromatic carbocycles. The molecule has 180 valence electrons. The number of imidazole rings is 1. The molecule has 0 aliphatic carbocycles. The third kappa shape index (κ3) is 4.67. The number of terminal acetylenes is 1. The van der Waals surface area contributed by atoms with Crippen LogP contribution in [0.2, 0.25) is 0 Å². The molecule has 0 unspecified atom stereocenters. The van der Waals surface area contributed by atoms with E-state index in [4.69, 9.17) is 10.7 Å². The van der Waals surface area contributed by atoms with Crippen molar-refractivity contribution in [3.05, 3.63) is 72.1 Å². The lowest BCUT2D eigenvalue weighted by molar-refractivity contribution is 0.310. The summed E-state index contributed by atoms with van der Waals surface area (Å²) in [5, 5.41) is 8.69. The SMILES string of the molecule is C#C.CN1CCCn2cc(nn2)-c2nccc3[nH]c(nc23)Cc2cc(ccc2N)-c2cncc(c2)C1. The highest BCUT2D eigenvalue weighted by molar-refractivity contribution is 5.88. The standard InChI is InChI=1S/C25H25N9.C2H2/c1-33-7-2-8-34-15-22(31-32-34)24-25-21(5-6-28-24)29-23(30-25)11-18-10-17(3-4-20(18)26)19-9-16(14-33)12-27-13-19;1-2/h3-6,9-10,12-13,15H,2,7-8,11,14,26H2,1H3,(H,29,30);1-2H. The summed E-state index contributed by atoms with van der Waals surface area (Å²) in [5.41, 5.74) is 14.6. The Morgan fingerprint density at radius 1 is 1.06 bits per heavy atom. The number of nitrogen functional groups attached to an aromatic ring is 1. The molecule has 5 aromatic rings. The number of aryl methyl sites for hydroxylation is 1. The minimum absolute atomic E-state index is 0.580. The van der Waals surface area contributed by atoms with Gasteiger partial charge in [0.15, 0.2) is 0 Å². The second-order valence-electron chi connectivity index (χ2n) is 8.87. The van der Waals surface area contributed by atoms with Crippen LogP contribution >= 0.6 is 0 Å². The minimum atomic E-state index is 0.580. The maximum absolute atomic E-state index is 6.36. The molecule has 3 N–H and O–H groups in total. The van der Waals surface area contributed by atoms with Gasteiger partial charge in [-0.15, -0.1) is 17.9 Å². The third-order valence-electron chi connectivity index (χ3n) is 6.24. The van der Waals surface area contributed by atoms with Crippen LogP contribution in [0.4, 0.5) is 5.69 Å². The molecule has 0 fully saturated rings. The van der Waals surface area contributed by atoms with Gasteiger partial charge >= 0.3 is 0 Å². The summed E-state index contributed by atoms with van der Waals surface area (Å²) in [7, 11) is 2.13. The summed E-state index contributed by atoms with van der Waals surface area (Å²) in [6, 6.07) is 10.3. The Balaban J connectivity index is 0.00000130. The van der Waals surface area contributed by atoms with Crippen molar-refractivity contribution in [2.24, 2.45) is 0 Å².